The van der Waals surface area contributed by atoms with Gasteiger partial charge in [0.2, 0.25) is 0 Å². The van der Waals surface area contributed by atoms with Gasteiger partial charge < -0.3 is 4.90 Å². The van der Waals surface area contributed by atoms with Gasteiger partial charge >= 0.3 is 0 Å². The Morgan fingerprint density at radius 2 is 1.54 bits per heavy atom. The third-order valence-corrected chi connectivity index (χ3v) is 9.24. The molecule has 2 aromatic heterocycles. The number of carbonyl (C=O) groups is 1. The number of thioether (sulfide) groups is 1. The van der Waals surface area contributed by atoms with Gasteiger partial charge in [-0.1, -0.05) is 90.6 Å². The fraction of sp³-hybridized carbons (Fsp3) is 0.250. The van der Waals surface area contributed by atoms with Crippen molar-refractivity contribution >= 4 is 29.0 Å². The van der Waals surface area contributed by atoms with Crippen LogP contribution in [0.25, 0.3) is 5.69 Å². The second kappa shape index (κ2) is 12.8. The Morgan fingerprint density at radius 3 is 2.27 bits per heavy atom. The number of thiazole rings is 1. The van der Waals surface area contributed by atoms with E-state index in [1.54, 1.807) is 11.8 Å². The monoisotopic (exact) mass is 580 g/mol. The molecular weight excluding hydrogens is 549 g/mol. The van der Waals surface area contributed by atoms with Gasteiger partial charge in [-0.15, -0.1) is 21.5 Å². The number of carbonyl (C=O) groups excluding carboxylic acids is 1. The molecule has 0 radical (unpaired) electrons. The first-order valence-corrected chi connectivity index (χ1v) is 15.7. The van der Waals surface area contributed by atoms with Crippen LogP contribution in [0.2, 0.25) is 0 Å². The minimum absolute atomic E-state index is 0.0186. The van der Waals surface area contributed by atoms with E-state index in [4.69, 9.17) is 4.98 Å². The summed E-state index contributed by atoms with van der Waals surface area (Å²) < 4.78 is 2.15. The van der Waals surface area contributed by atoms with E-state index in [1.165, 1.54) is 22.5 Å². The molecule has 0 bridgehead atoms. The van der Waals surface area contributed by atoms with Crippen LogP contribution < -0.4 is 0 Å². The summed E-state index contributed by atoms with van der Waals surface area (Å²) in [6.45, 7) is 6.20. The molecule has 41 heavy (non-hydrogen) atoms. The highest BCUT2D eigenvalue weighted by Gasteiger charge is 2.24. The minimum atomic E-state index is 0.0186. The first-order valence-electron chi connectivity index (χ1n) is 13.8. The van der Waals surface area contributed by atoms with Gasteiger partial charge in [-0.2, -0.15) is 0 Å². The summed E-state index contributed by atoms with van der Waals surface area (Å²) in [7, 11) is 0. The van der Waals surface area contributed by atoms with Crippen molar-refractivity contribution in [2.45, 2.75) is 30.8 Å². The SMILES string of the molecule is Cc1ccccc1-n1c(Cc2ccccc2)nnc1SCc1nc(C(=O)N2CCN(Cc3ccccc3)CC2)cs1. The van der Waals surface area contributed by atoms with Crippen molar-refractivity contribution in [3.63, 3.8) is 0 Å². The van der Waals surface area contributed by atoms with E-state index in [9.17, 15) is 4.79 Å². The Morgan fingerprint density at radius 1 is 0.854 bits per heavy atom. The van der Waals surface area contributed by atoms with Crippen LogP contribution >= 0.6 is 23.1 Å². The van der Waals surface area contributed by atoms with E-state index >= 15 is 0 Å². The molecule has 1 fully saturated rings. The van der Waals surface area contributed by atoms with Crippen molar-refractivity contribution in [1.29, 1.82) is 0 Å². The maximum Gasteiger partial charge on any atom is 0.273 e. The van der Waals surface area contributed by atoms with Crippen LogP contribution in [0.1, 0.15) is 38.0 Å². The van der Waals surface area contributed by atoms with Gasteiger partial charge in [-0.05, 0) is 29.7 Å². The summed E-state index contributed by atoms with van der Waals surface area (Å²) in [5.41, 5.74) is 5.27. The first kappa shape index (κ1) is 27.4. The molecule has 3 aromatic carbocycles. The van der Waals surface area contributed by atoms with Gasteiger partial charge in [-0.3, -0.25) is 14.3 Å². The second-order valence-corrected chi connectivity index (χ2v) is 12.0. The van der Waals surface area contributed by atoms with Gasteiger partial charge in [0.25, 0.3) is 5.91 Å². The molecule has 0 unspecified atom stereocenters. The summed E-state index contributed by atoms with van der Waals surface area (Å²) in [6.07, 6.45) is 0.692. The normalized spacial score (nSPS) is 13.9. The molecule has 208 valence electrons. The number of aryl methyl sites for hydroxylation is 1. The number of piperazine rings is 1. The molecule has 7 nitrogen and oxygen atoms in total. The van der Waals surface area contributed by atoms with Gasteiger partial charge in [-0.25, -0.2) is 4.98 Å². The third-order valence-electron chi connectivity index (χ3n) is 7.27. The molecule has 1 saturated heterocycles. The van der Waals surface area contributed by atoms with Crippen molar-refractivity contribution in [2.75, 3.05) is 26.2 Å². The summed E-state index contributed by atoms with van der Waals surface area (Å²) in [5.74, 6) is 1.54. The molecule has 3 heterocycles. The smallest absolute Gasteiger partial charge is 0.273 e. The zero-order chi connectivity index (χ0) is 28.0. The first-order chi connectivity index (χ1) is 20.1. The average molecular weight is 581 g/mol. The van der Waals surface area contributed by atoms with Crippen molar-refractivity contribution in [2.24, 2.45) is 0 Å². The Kier molecular flexibility index (Phi) is 8.55. The molecule has 0 aliphatic carbocycles. The second-order valence-electron chi connectivity index (χ2n) is 10.2. The van der Waals surface area contributed by atoms with Crippen molar-refractivity contribution in [3.8, 4) is 5.69 Å². The van der Waals surface area contributed by atoms with E-state index in [1.807, 2.05) is 46.7 Å². The van der Waals surface area contributed by atoms with Crippen LogP contribution in [0.3, 0.4) is 0 Å². The third kappa shape index (κ3) is 6.59. The quantitative estimate of drug-likeness (QED) is 0.203. The summed E-state index contributed by atoms with van der Waals surface area (Å²) >= 11 is 3.13. The van der Waals surface area contributed by atoms with E-state index in [0.29, 0.717) is 17.9 Å². The molecule has 6 rings (SSSR count). The van der Waals surface area contributed by atoms with E-state index < -0.39 is 0 Å². The van der Waals surface area contributed by atoms with Crippen molar-refractivity contribution < 1.29 is 4.79 Å². The molecule has 5 aromatic rings. The lowest BCUT2D eigenvalue weighted by Gasteiger charge is -2.34. The molecule has 1 amide bonds. The Balaban J connectivity index is 1.11. The van der Waals surface area contributed by atoms with Crippen LogP contribution in [0.15, 0.2) is 95.5 Å². The molecule has 0 atom stereocenters. The highest BCUT2D eigenvalue weighted by molar-refractivity contribution is 7.98. The molecule has 1 aliphatic rings. The number of nitrogens with zero attached hydrogens (tertiary/aromatic N) is 6. The number of benzene rings is 3. The molecule has 0 spiro atoms. The predicted octanol–water partition coefficient (Wildman–Crippen LogP) is 5.87. The summed E-state index contributed by atoms with van der Waals surface area (Å²) in [5, 5.41) is 12.8. The fourth-order valence-electron chi connectivity index (χ4n) is 5.06. The minimum Gasteiger partial charge on any atom is -0.335 e. The number of para-hydroxylation sites is 1. The van der Waals surface area contributed by atoms with Gasteiger partial charge in [0.1, 0.15) is 16.5 Å². The van der Waals surface area contributed by atoms with Crippen molar-refractivity contribution in [3.05, 3.63) is 124 Å². The van der Waals surface area contributed by atoms with Crippen molar-refractivity contribution in [1.82, 2.24) is 29.5 Å². The summed E-state index contributed by atoms with van der Waals surface area (Å²) in [6, 6.07) is 29.1. The van der Waals surface area contributed by atoms with Crippen LogP contribution in [-0.4, -0.2) is 61.6 Å². The number of aromatic nitrogens is 4. The van der Waals surface area contributed by atoms with E-state index in [2.05, 4.69) is 75.1 Å². The van der Waals surface area contributed by atoms with Gasteiger partial charge in [0.15, 0.2) is 5.16 Å². The number of amides is 1. The zero-order valence-corrected chi connectivity index (χ0v) is 24.7. The lowest BCUT2D eigenvalue weighted by Crippen LogP contribution is -2.48. The highest BCUT2D eigenvalue weighted by atomic mass is 32.2. The lowest BCUT2D eigenvalue weighted by atomic mass is 10.1. The molecule has 9 heteroatoms. The number of hydrogen-bond acceptors (Lipinski definition) is 7. The standard InChI is InChI=1S/C32H32N6OS2/c1-24-10-8-9-15-28(24)38-29(20-25-11-4-2-5-12-25)34-35-32(38)41-23-30-33-27(22-40-30)31(39)37-18-16-36(17-19-37)21-26-13-6-3-7-14-26/h2-15,22H,16-21,23H2,1H3. The Hall–Kier alpha value is -3.79. The lowest BCUT2D eigenvalue weighted by molar-refractivity contribution is 0.0623. The topological polar surface area (TPSA) is 67.2 Å². The van der Waals surface area contributed by atoms with E-state index in [-0.39, 0.29) is 5.91 Å². The number of hydrogen-bond donors (Lipinski definition) is 0. The highest BCUT2D eigenvalue weighted by Crippen LogP contribution is 2.29. The largest absolute Gasteiger partial charge is 0.335 e. The molecule has 0 saturated carbocycles. The summed E-state index contributed by atoms with van der Waals surface area (Å²) in [4.78, 5) is 22.3. The zero-order valence-electron chi connectivity index (χ0n) is 23.0. The predicted molar refractivity (Wildman–Crippen MR) is 165 cm³/mol. The van der Waals surface area contributed by atoms with Crippen LogP contribution in [0.5, 0.6) is 0 Å². The maximum absolute atomic E-state index is 13.2. The van der Waals surface area contributed by atoms with Crippen LogP contribution in [-0.2, 0) is 18.7 Å². The van der Waals surface area contributed by atoms with Gasteiger partial charge in [0.05, 0.1) is 11.4 Å². The fourth-order valence-corrected chi connectivity index (χ4v) is 6.81. The number of rotatable bonds is 9. The van der Waals surface area contributed by atoms with Crippen LogP contribution in [0.4, 0.5) is 0 Å². The molecule has 1 aliphatic heterocycles. The van der Waals surface area contributed by atoms with E-state index in [0.717, 1.165) is 60.0 Å². The Labute approximate surface area is 248 Å². The molecule has 0 N–H and O–H groups in total. The van der Waals surface area contributed by atoms with Gasteiger partial charge in [0, 0.05) is 44.5 Å². The maximum atomic E-state index is 13.2. The average Bonchev–Trinajstić information content (AvgIpc) is 3.65. The Bertz CT molecular complexity index is 1590. The molecular formula is C32H32N6OS2. The van der Waals surface area contributed by atoms with Crippen LogP contribution in [0, 0.1) is 6.92 Å².